The molecule has 0 bridgehead atoms. The van der Waals surface area contributed by atoms with Crippen molar-refractivity contribution in [2.24, 2.45) is 0 Å². The Morgan fingerprint density at radius 2 is 1.69 bits per heavy atom. The SMILES string of the molecule is Cc1ccc2c(CSc3nc4ccccc4c(=O)n3-c3ccccc3C(C)C)cc(=O)oc2c1C. The van der Waals surface area contributed by atoms with Crippen LogP contribution in [0.2, 0.25) is 0 Å². The standard InChI is InChI=1S/C29H26N2O3S/c1-17(2)21-9-6-8-12-25(21)31-28(33)23-10-5-7-11-24(23)30-29(31)35-16-20-15-26(32)34-27-19(4)18(3)13-14-22(20)27/h5-15,17H,16H2,1-4H3. The molecule has 0 aliphatic carbocycles. The first-order valence-electron chi connectivity index (χ1n) is 11.6. The maximum Gasteiger partial charge on any atom is 0.336 e. The third-order valence-corrected chi connectivity index (χ3v) is 7.41. The Bertz CT molecular complexity index is 1700. The summed E-state index contributed by atoms with van der Waals surface area (Å²) in [5, 5.41) is 2.07. The highest BCUT2D eigenvalue weighted by atomic mass is 32.2. The number of nitrogens with zero attached hydrogens (tertiary/aromatic N) is 2. The molecule has 2 aromatic heterocycles. The number of aromatic nitrogens is 2. The smallest absolute Gasteiger partial charge is 0.336 e. The lowest BCUT2D eigenvalue weighted by molar-refractivity contribution is 0.557. The van der Waals surface area contributed by atoms with Crippen LogP contribution in [0.4, 0.5) is 0 Å². The van der Waals surface area contributed by atoms with Crippen LogP contribution >= 0.6 is 11.8 Å². The lowest BCUT2D eigenvalue weighted by Gasteiger charge is -2.18. The van der Waals surface area contributed by atoms with Crippen LogP contribution in [-0.2, 0) is 5.75 Å². The number of fused-ring (bicyclic) bond motifs is 2. The number of thioether (sulfide) groups is 1. The molecule has 2 heterocycles. The maximum atomic E-state index is 13.7. The van der Waals surface area contributed by atoms with Gasteiger partial charge in [-0.25, -0.2) is 9.78 Å². The molecular formula is C29H26N2O3S. The van der Waals surface area contributed by atoms with Gasteiger partial charge in [-0.05, 0) is 60.2 Å². The van der Waals surface area contributed by atoms with E-state index in [1.807, 2.05) is 68.4 Å². The summed E-state index contributed by atoms with van der Waals surface area (Å²) >= 11 is 1.45. The first-order chi connectivity index (χ1) is 16.8. The predicted octanol–water partition coefficient (Wildman–Crippen LogP) is 6.52. The molecule has 35 heavy (non-hydrogen) atoms. The van der Waals surface area contributed by atoms with Gasteiger partial charge in [0, 0.05) is 17.2 Å². The van der Waals surface area contributed by atoms with Crippen molar-refractivity contribution >= 4 is 33.6 Å². The quantitative estimate of drug-likeness (QED) is 0.162. The van der Waals surface area contributed by atoms with Gasteiger partial charge in [0.1, 0.15) is 5.58 Å². The van der Waals surface area contributed by atoms with Crippen LogP contribution in [0.15, 0.2) is 85.9 Å². The molecule has 3 aromatic carbocycles. The van der Waals surface area contributed by atoms with Gasteiger partial charge < -0.3 is 4.42 Å². The minimum Gasteiger partial charge on any atom is -0.422 e. The molecule has 6 heteroatoms. The van der Waals surface area contributed by atoms with Crippen LogP contribution in [-0.4, -0.2) is 9.55 Å². The number of hydrogen-bond acceptors (Lipinski definition) is 5. The normalized spacial score (nSPS) is 11.6. The number of para-hydroxylation sites is 2. The van der Waals surface area contributed by atoms with Crippen molar-refractivity contribution in [1.29, 1.82) is 0 Å². The molecule has 5 rings (SSSR count). The number of benzene rings is 3. The summed E-state index contributed by atoms with van der Waals surface area (Å²) in [7, 11) is 0. The van der Waals surface area contributed by atoms with E-state index >= 15 is 0 Å². The zero-order valence-corrected chi connectivity index (χ0v) is 21.0. The van der Waals surface area contributed by atoms with Crippen LogP contribution in [0, 0.1) is 13.8 Å². The van der Waals surface area contributed by atoms with Crippen LogP contribution < -0.4 is 11.2 Å². The predicted molar refractivity (Wildman–Crippen MR) is 143 cm³/mol. The Labute approximate surface area is 207 Å². The molecule has 0 saturated heterocycles. The maximum absolute atomic E-state index is 13.7. The Hall–Kier alpha value is -3.64. The molecule has 0 atom stereocenters. The largest absolute Gasteiger partial charge is 0.422 e. The Morgan fingerprint density at radius 3 is 2.49 bits per heavy atom. The second kappa shape index (κ2) is 9.19. The van der Waals surface area contributed by atoms with Crippen LogP contribution in [0.3, 0.4) is 0 Å². The highest BCUT2D eigenvalue weighted by Crippen LogP contribution is 2.31. The summed E-state index contributed by atoms with van der Waals surface area (Å²) in [5.74, 6) is 0.704. The average molecular weight is 483 g/mol. The molecule has 0 radical (unpaired) electrons. The fourth-order valence-electron chi connectivity index (χ4n) is 4.39. The van der Waals surface area contributed by atoms with Crippen LogP contribution in [0.1, 0.15) is 42.0 Å². The molecule has 0 spiro atoms. The molecule has 0 aliphatic rings. The van der Waals surface area contributed by atoms with Gasteiger partial charge in [-0.3, -0.25) is 9.36 Å². The van der Waals surface area contributed by atoms with Gasteiger partial charge in [0.05, 0.1) is 16.6 Å². The summed E-state index contributed by atoms with van der Waals surface area (Å²) in [4.78, 5) is 31.0. The zero-order chi connectivity index (χ0) is 24.7. The van der Waals surface area contributed by atoms with E-state index < -0.39 is 0 Å². The summed E-state index contributed by atoms with van der Waals surface area (Å²) in [6.07, 6.45) is 0. The lowest BCUT2D eigenvalue weighted by Crippen LogP contribution is -2.23. The Kier molecular flexibility index (Phi) is 6.07. The molecule has 0 amide bonds. The van der Waals surface area contributed by atoms with Crippen molar-refractivity contribution in [2.75, 3.05) is 0 Å². The zero-order valence-electron chi connectivity index (χ0n) is 20.2. The summed E-state index contributed by atoms with van der Waals surface area (Å²) in [6.45, 7) is 8.19. The van der Waals surface area contributed by atoms with Crippen molar-refractivity contribution < 1.29 is 4.42 Å². The van der Waals surface area contributed by atoms with E-state index in [0.29, 0.717) is 27.4 Å². The van der Waals surface area contributed by atoms with Crippen LogP contribution in [0.25, 0.3) is 27.6 Å². The average Bonchev–Trinajstić information content (AvgIpc) is 2.85. The monoisotopic (exact) mass is 482 g/mol. The topological polar surface area (TPSA) is 65.1 Å². The number of aryl methyl sites for hydroxylation is 2. The van der Waals surface area contributed by atoms with Crippen molar-refractivity contribution in [1.82, 2.24) is 9.55 Å². The van der Waals surface area contributed by atoms with Crippen molar-refractivity contribution in [3.8, 4) is 5.69 Å². The first kappa shape index (κ1) is 23.1. The number of rotatable bonds is 5. The minimum absolute atomic E-state index is 0.102. The molecule has 0 aliphatic heterocycles. The highest BCUT2D eigenvalue weighted by Gasteiger charge is 2.18. The molecule has 0 unspecified atom stereocenters. The summed E-state index contributed by atoms with van der Waals surface area (Å²) in [5.41, 5.74) is 5.58. The van der Waals surface area contributed by atoms with Gasteiger partial charge in [0.25, 0.3) is 5.56 Å². The third kappa shape index (κ3) is 4.19. The van der Waals surface area contributed by atoms with Crippen molar-refractivity contribution in [3.63, 3.8) is 0 Å². The van der Waals surface area contributed by atoms with Crippen LogP contribution in [0.5, 0.6) is 0 Å². The summed E-state index contributed by atoms with van der Waals surface area (Å²) < 4.78 is 7.26. The van der Waals surface area contributed by atoms with E-state index in [2.05, 4.69) is 19.9 Å². The van der Waals surface area contributed by atoms with E-state index in [4.69, 9.17) is 9.40 Å². The molecule has 5 aromatic rings. The van der Waals surface area contributed by atoms with Gasteiger partial charge in [-0.2, -0.15) is 0 Å². The van der Waals surface area contributed by atoms with E-state index in [9.17, 15) is 9.59 Å². The molecule has 176 valence electrons. The second-order valence-corrected chi connectivity index (χ2v) is 9.97. The highest BCUT2D eigenvalue weighted by molar-refractivity contribution is 7.98. The fourth-order valence-corrected chi connectivity index (χ4v) is 5.38. The minimum atomic E-state index is -0.379. The summed E-state index contributed by atoms with van der Waals surface area (Å²) in [6, 6.07) is 20.9. The molecule has 0 N–H and O–H groups in total. The van der Waals surface area contributed by atoms with E-state index in [0.717, 1.165) is 33.3 Å². The van der Waals surface area contributed by atoms with E-state index in [1.165, 1.54) is 17.8 Å². The molecule has 0 fully saturated rings. The van der Waals surface area contributed by atoms with Crippen molar-refractivity contribution in [3.05, 3.63) is 110 Å². The fraction of sp³-hybridized carbons (Fsp3) is 0.207. The second-order valence-electron chi connectivity index (χ2n) is 9.03. The Morgan fingerprint density at radius 1 is 0.943 bits per heavy atom. The van der Waals surface area contributed by atoms with Crippen molar-refractivity contribution in [2.45, 2.75) is 44.5 Å². The molecular weight excluding hydrogens is 456 g/mol. The van der Waals surface area contributed by atoms with E-state index in [-0.39, 0.29) is 17.1 Å². The molecule has 0 saturated carbocycles. The first-order valence-corrected chi connectivity index (χ1v) is 12.6. The third-order valence-electron chi connectivity index (χ3n) is 6.42. The van der Waals surface area contributed by atoms with Gasteiger partial charge >= 0.3 is 5.63 Å². The van der Waals surface area contributed by atoms with Gasteiger partial charge in [-0.1, -0.05) is 68.1 Å². The number of hydrogen-bond donors (Lipinski definition) is 0. The van der Waals surface area contributed by atoms with E-state index in [1.54, 1.807) is 4.57 Å². The lowest BCUT2D eigenvalue weighted by atomic mass is 10.0. The molecule has 5 nitrogen and oxygen atoms in total. The van der Waals surface area contributed by atoms with Gasteiger partial charge in [0.15, 0.2) is 5.16 Å². The van der Waals surface area contributed by atoms with Gasteiger partial charge in [-0.15, -0.1) is 0 Å². The Balaban J connectivity index is 1.69. The van der Waals surface area contributed by atoms with Gasteiger partial charge in [0.2, 0.25) is 0 Å².